The molecule has 0 bridgehead atoms. The van der Waals surface area contributed by atoms with E-state index < -0.39 is 0 Å². The van der Waals surface area contributed by atoms with Crippen LogP contribution in [0.25, 0.3) is 0 Å². The van der Waals surface area contributed by atoms with Gasteiger partial charge in [-0.15, -0.1) is 6.42 Å². The van der Waals surface area contributed by atoms with Crippen LogP contribution >= 0.6 is 0 Å². The Kier molecular flexibility index (Phi) is 2.18. The molecule has 0 amide bonds. The summed E-state index contributed by atoms with van der Waals surface area (Å²) in [6, 6.07) is 5.72. The molecule has 0 saturated carbocycles. The molecule has 0 unspecified atom stereocenters. The lowest BCUT2D eigenvalue weighted by atomic mass is 10.1. The highest BCUT2D eigenvalue weighted by atomic mass is 14.6. The van der Waals surface area contributed by atoms with Crippen LogP contribution in [0.1, 0.15) is 18.1 Å². The third-order valence-electron chi connectivity index (χ3n) is 1.69. The number of aryl methyl sites for hydroxylation is 1. The number of nitrogen functional groups attached to an aromatic ring is 1. The second-order valence-corrected chi connectivity index (χ2v) is 2.41. The average Bonchev–Trinajstić information content (AvgIpc) is 2.04. The molecule has 0 spiro atoms. The third kappa shape index (κ3) is 1.53. The molecule has 0 aromatic heterocycles. The minimum absolute atomic E-state index is 0.794. The van der Waals surface area contributed by atoms with Crippen molar-refractivity contribution in [3.63, 3.8) is 0 Å². The lowest BCUT2D eigenvalue weighted by Gasteiger charge is -2.01. The third-order valence-corrected chi connectivity index (χ3v) is 1.69. The number of hydrogen-bond donors (Lipinski definition) is 1. The van der Waals surface area contributed by atoms with E-state index in [0.717, 1.165) is 23.2 Å². The molecule has 11 heavy (non-hydrogen) atoms. The van der Waals surface area contributed by atoms with E-state index in [4.69, 9.17) is 12.2 Å². The minimum Gasteiger partial charge on any atom is -0.398 e. The van der Waals surface area contributed by atoms with Gasteiger partial charge in [0.15, 0.2) is 0 Å². The van der Waals surface area contributed by atoms with Crippen molar-refractivity contribution in [2.75, 3.05) is 5.73 Å². The maximum Gasteiger partial charge on any atom is 0.0358 e. The molecule has 1 nitrogen and oxygen atoms in total. The van der Waals surface area contributed by atoms with Crippen molar-refractivity contribution >= 4 is 5.69 Å². The molecule has 56 valence electrons. The van der Waals surface area contributed by atoms with Gasteiger partial charge in [0.1, 0.15) is 0 Å². The van der Waals surface area contributed by atoms with Gasteiger partial charge in [0.05, 0.1) is 0 Å². The van der Waals surface area contributed by atoms with E-state index in [1.807, 2.05) is 18.2 Å². The average molecular weight is 145 g/mol. The van der Waals surface area contributed by atoms with E-state index in [-0.39, 0.29) is 0 Å². The Hall–Kier alpha value is -1.42. The monoisotopic (exact) mass is 145 g/mol. The Labute approximate surface area is 67.2 Å². The molecule has 0 saturated heterocycles. The number of rotatable bonds is 1. The van der Waals surface area contributed by atoms with Gasteiger partial charge in [0.25, 0.3) is 0 Å². The van der Waals surface area contributed by atoms with E-state index >= 15 is 0 Å². The van der Waals surface area contributed by atoms with Gasteiger partial charge in [-0.05, 0) is 24.1 Å². The molecule has 1 rings (SSSR count). The maximum absolute atomic E-state index is 5.71. The Morgan fingerprint density at radius 3 is 2.73 bits per heavy atom. The summed E-state index contributed by atoms with van der Waals surface area (Å²) in [6.45, 7) is 2.07. The lowest BCUT2D eigenvalue weighted by molar-refractivity contribution is 1.14. The number of terminal acetylenes is 1. The number of benzene rings is 1. The molecule has 0 aliphatic rings. The number of anilines is 1. The Balaban J connectivity index is 3.12. The van der Waals surface area contributed by atoms with Gasteiger partial charge in [-0.3, -0.25) is 0 Å². The van der Waals surface area contributed by atoms with Crippen molar-refractivity contribution in [2.45, 2.75) is 13.3 Å². The highest BCUT2D eigenvalue weighted by Gasteiger charge is 1.95. The SMILES string of the molecule is C#Cc1ccc(CC)c(N)c1. The standard InChI is InChI=1S/C10H11N/c1-3-8-5-6-9(4-2)10(11)7-8/h1,5-7H,4,11H2,2H3. The summed E-state index contributed by atoms with van der Waals surface area (Å²) < 4.78 is 0. The van der Waals surface area contributed by atoms with Crippen molar-refractivity contribution in [3.8, 4) is 12.3 Å². The van der Waals surface area contributed by atoms with E-state index in [1.165, 1.54) is 0 Å². The first-order chi connectivity index (χ1) is 5.27. The smallest absolute Gasteiger partial charge is 0.0358 e. The van der Waals surface area contributed by atoms with Crippen molar-refractivity contribution in [2.24, 2.45) is 0 Å². The van der Waals surface area contributed by atoms with Gasteiger partial charge in [-0.25, -0.2) is 0 Å². The quantitative estimate of drug-likeness (QED) is 0.473. The molecule has 0 atom stereocenters. The zero-order valence-corrected chi connectivity index (χ0v) is 6.59. The predicted molar refractivity (Wildman–Crippen MR) is 48.2 cm³/mol. The highest BCUT2D eigenvalue weighted by Crippen LogP contribution is 2.13. The summed E-state index contributed by atoms with van der Waals surface area (Å²) in [5.74, 6) is 2.54. The van der Waals surface area contributed by atoms with Crippen LogP contribution in [0, 0.1) is 12.3 Å². The van der Waals surface area contributed by atoms with E-state index in [9.17, 15) is 0 Å². The minimum atomic E-state index is 0.794. The van der Waals surface area contributed by atoms with Crippen LogP contribution in [-0.2, 0) is 6.42 Å². The Bertz CT molecular complexity index is 294. The molecule has 0 aliphatic carbocycles. The van der Waals surface area contributed by atoms with Crippen molar-refractivity contribution in [1.82, 2.24) is 0 Å². The topological polar surface area (TPSA) is 26.0 Å². The lowest BCUT2D eigenvalue weighted by Crippen LogP contribution is -1.92. The second kappa shape index (κ2) is 3.12. The molecule has 1 heteroatoms. The summed E-state index contributed by atoms with van der Waals surface area (Å²) >= 11 is 0. The van der Waals surface area contributed by atoms with Gasteiger partial charge in [0.2, 0.25) is 0 Å². The van der Waals surface area contributed by atoms with Gasteiger partial charge in [-0.1, -0.05) is 18.9 Å². The van der Waals surface area contributed by atoms with Crippen LogP contribution < -0.4 is 5.73 Å². The van der Waals surface area contributed by atoms with Gasteiger partial charge >= 0.3 is 0 Å². The summed E-state index contributed by atoms with van der Waals surface area (Å²) in [6.07, 6.45) is 6.16. The molecule has 0 heterocycles. The fourth-order valence-corrected chi connectivity index (χ4v) is 1.01. The number of nitrogens with two attached hydrogens (primary N) is 1. The van der Waals surface area contributed by atoms with Crippen LogP contribution in [0.15, 0.2) is 18.2 Å². The zero-order chi connectivity index (χ0) is 8.27. The Morgan fingerprint density at radius 1 is 1.55 bits per heavy atom. The fourth-order valence-electron chi connectivity index (χ4n) is 1.01. The van der Waals surface area contributed by atoms with E-state index in [2.05, 4.69) is 12.8 Å². The normalized spacial score (nSPS) is 9.09. The molecule has 0 radical (unpaired) electrons. The van der Waals surface area contributed by atoms with Crippen LogP contribution in [0.3, 0.4) is 0 Å². The maximum atomic E-state index is 5.71. The largest absolute Gasteiger partial charge is 0.398 e. The number of hydrogen-bond acceptors (Lipinski definition) is 1. The second-order valence-electron chi connectivity index (χ2n) is 2.41. The van der Waals surface area contributed by atoms with Crippen LogP contribution in [-0.4, -0.2) is 0 Å². The predicted octanol–water partition coefficient (Wildman–Crippen LogP) is 1.81. The van der Waals surface area contributed by atoms with Crippen LogP contribution in [0.2, 0.25) is 0 Å². The molecule has 0 aliphatic heterocycles. The first-order valence-electron chi connectivity index (χ1n) is 3.63. The van der Waals surface area contributed by atoms with Gasteiger partial charge in [-0.2, -0.15) is 0 Å². The molecule has 0 fully saturated rings. The molecule has 2 N–H and O–H groups in total. The van der Waals surface area contributed by atoms with Gasteiger partial charge < -0.3 is 5.73 Å². The van der Waals surface area contributed by atoms with E-state index in [0.29, 0.717) is 0 Å². The van der Waals surface area contributed by atoms with Gasteiger partial charge in [0, 0.05) is 11.3 Å². The zero-order valence-electron chi connectivity index (χ0n) is 6.59. The first kappa shape index (κ1) is 7.68. The summed E-state index contributed by atoms with van der Waals surface area (Å²) in [5.41, 5.74) is 8.51. The summed E-state index contributed by atoms with van der Waals surface area (Å²) in [5, 5.41) is 0. The molecular weight excluding hydrogens is 134 g/mol. The summed E-state index contributed by atoms with van der Waals surface area (Å²) in [7, 11) is 0. The summed E-state index contributed by atoms with van der Waals surface area (Å²) in [4.78, 5) is 0. The van der Waals surface area contributed by atoms with Crippen LogP contribution in [0.4, 0.5) is 5.69 Å². The van der Waals surface area contributed by atoms with Crippen molar-refractivity contribution in [3.05, 3.63) is 29.3 Å². The highest BCUT2D eigenvalue weighted by molar-refractivity contribution is 5.52. The fraction of sp³-hybridized carbons (Fsp3) is 0.200. The molecule has 1 aromatic carbocycles. The van der Waals surface area contributed by atoms with Crippen molar-refractivity contribution in [1.29, 1.82) is 0 Å². The van der Waals surface area contributed by atoms with E-state index in [1.54, 1.807) is 0 Å². The van der Waals surface area contributed by atoms with Crippen LogP contribution in [0.5, 0.6) is 0 Å². The van der Waals surface area contributed by atoms with Crippen molar-refractivity contribution < 1.29 is 0 Å². The first-order valence-corrected chi connectivity index (χ1v) is 3.63. The molecule has 1 aromatic rings. The molecular formula is C10H11N. The Morgan fingerprint density at radius 2 is 2.27 bits per heavy atom.